The van der Waals surface area contributed by atoms with Crippen LogP contribution in [0.2, 0.25) is 0 Å². The molecular weight excluding hydrogens is 575 g/mol. The van der Waals surface area contributed by atoms with Gasteiger partial charge in [-0.25, -0.2) is 4.57 Å². The van der Waals surface area contributed by atoms with Crippen molar-refractivity contribution in [3.05, 3.63) is 36.5 Å². The molecule has 0 rings (SSSR count). The van der Waals surface area contributed by atoms with Crippen molar-refractivity contribution in [2.45, 2.75) is 142 Å². The minimum absolute atomic E-state index is 0.0495. The fourth-order valence-electron chi connectivity index (χ4n) is 4.63. The summed E-state index contributed by atoms with van der Waals surface area (Å²) in [7, 11) is 1.53. The Hall–Kier alpha value is -1.28. The number of allylic oxidation sites excluding steroid dienone is 5. The number of nitrogens with one attached hydrogen (secondary N) is 1. The summed E-state index contributed by atoms with van der Waals surface area (Å²) >= 11 is 0. The topological polar surface area (TPSA) is 105 Å². The Morgan fingerprint density at radius 1 is 0.750 bits per heavy atom. The molecule has 0 saturated heterocycles. The zero-order chi connectivity index (χ0) is 32.9. The van der Waals surface area contributed by atoms with Crippen molar-refractivity contribution >= 4 is 13.7 Å². The predicted molar refractivity (Wildman–Crippen MR) is 184 cm³/mol. The van der Waals surface area contributed by atoms with E-state index in [0.29, 0.717) is 11.0 Å². The van der Waals surface area contributed by atoms with Crippen LogP contribution in [0.1, 0.15) is 129 Å². The number of phosphoric ester groups is 1. The summed E-state index contributed by atoms with van der Waals surface area (Å²) in [6.45, 7) is 3.82. The number of phosphoric acid groups is 1. The van der Waals surface area contributed by atoms with Crippen LogP contribution in [0.5, 0.6) is 0 Å². The number of aliphatic hydroxyl groups excluding tert-OH is 1. The maximum absolute atomic E-state index is 12.2. The minimum atomic E-state index is -4.30. The van der Waals surface area contributed by atoms with Gasteiger partial charge in [0.05, 0.1) is 39.9 Å². The lowest BCUT2D eigenvalue weighted by Gasteiger charge is -2.25. The molecular formula is C35H68N2O6P+. The number of hydrogen-bond acceptors (Lipinski definition) is 5. The molecule has 0 aromatic rings. The van der Waals surface area contributed by atoms with Gasteiger partial charge in [-0.15, -0.1) is 0 Å². The van der Waals surface area contributed by atoms with Crippen molar-refractivity contribution < 1.29 is 32.9 Å². The standard InChI is InChI=1S/C35H67N2O6P/c1-6-7-8-9-10-11-12-13-14-15-16-17-18-19-20-21-22-23-24-25-26-27-28-29-35(39)34(36-33(2)38)32-43-44(40,41)42-31-30-37(3,4)5/h20-21,24-25,28-29,34-35,39H,6-19,22-23,26-27,30-32H2,1-5H3,(H-,36,38,40,41)/p+1/b21-20+,25-24+,29-28+. The van der Waals surface area contributed by atoms with E-state index in [4.69, 9.17) is 9.05 Å². The predicted octanol–water partition coefficient (Wildman–Crippen LogP) is 8.40. The number of amides is 1. The number of carbonyl (C=O) groups is 1. The van der Waals surface area contributed by atoms with Crippen LogP contribution in [0.15, 0.2) is 36.5 Å². The van der Waals surface area contributed by atoms with Crippen LogP contribution in [0.4, 0.5) is 0 Å². The van der Waals surface area contributed by atoms with E-state index in [0.717, 1.165) is 25.7 Å². The van der Waals surface area contributed by atoms with Crippen molar-refractivity contribution in [1.29, 1.82) is 0 Å². The van der Waals surface area contributed by atoms with Crippen LogP contribution in [-0.2, 0) is 18.4 Å². The van der Waals surface area contributed by atoms with Gasteiger partial charge in [-0.3, -0.25) is 13.8 Å². The number of quaternary nitrogens is 1. The lowest BCUT2D eigenvalue weighted by Crippen LogP contribution is -2.44. The first kappa shape index (κ1) is 42.7. The van der Waals surface area contributed by atoms with Gasteiger partial charge < -0.3 is 19.8 Å². The first-order chi connectivity index (χ1) is 21.0. The molecule has 0 spiro atoms. The van der Waals surface area contributed by atoms with Gasteiger partial charge in [0, 0.05) is 6.92 Å². The number of unbranched alkanes of at least 4 members (excludes halogenated alkanes) is 15. The van der Waals surface area contributed by atoms with Crippen molar-refractivity contribution in [2.24, 2.45) is 0 Å². The zero-order valence-electron chi connectivity index (χ0n) is 28.9. The molecule has 44 heavy (non-hydrogen) atoms. The lowest BCUT2D eigenvalue weighted by atomic mass is 10.0. The number of likely N-dealkylation sites (N-methyl/N-ethyl adjacent to an activating group) is 1. The molecule has 258 valence electrons. The van der Waals surface area contributed by atoms with Gasteiger partial charge in [0.15, 0.2) is 0 Å². The fourth-order valence-corrected chi connectivity index (χ4v) is 5.37. The van der Waals surface area contributed by atoms with Gasteiger partial charge in [-0.05, 0) is 38.5 Å². The monoisotopic (exact) mass is 643 g/mol. The molecule has 3 N–H and O–H groups in total. The van der Waals surface area contributed by atoms with Gasteiger partial charge in [0.2, 0.25) is 5.91 Å². The Morgan fingerprint density at radius 3 is 1.68 bits per heavy atom. The molecule has 0 radical (unpaired) electrons. The molecule has 0 aliphatic rings. The minimum Gasteiger partial charge on any atom is -0.387 e. The van der Waals surface area contributed by atoms with Crippen molar-refractivity contribution in [3.63, 3.8) is 0 Å². The van der Waals surface area contributed by atoms with E-state index in [1.54, 1.807) is 6.08 Å². The Morgan fingerprint density at radius 2 is 1.20 bits per heavy atom. The van der Waals surface area contributed by atoms with Gasteiger partial charge in [-0.2, -0.15) is 0 Å². The Balaban J connectivity index is 3.93. The van der Waals surface area contributed by atoms with Crippen LogP contribution in [0.3, 0.4) is 0 Å². The normalized spacial score (nSPS) is 15.3. The number of nitrogens with zero attached hydrogens (tertiary/aromatic N) is 1. The Labute approximate surface area is 270 Å². The van der Waals surface area contributed by atoms with Crippen molar-refractivity contribution in [2.75, 3.05) is 40.9 Å². The molecule has 0 aliphatic carbocycles. The SMILES string of the molecule is CCCCCCCCCCCCCCC/C=C/CC/C=C/CC/C=C/C(O)C(COP(=O)(O)OCC[N+](C)(C)C)NC(C)=O. The third kappa shape index (κ3) is 30.7. The Kier molecular flexibility index (Phi) is 27.2. The molecule has 1 amide bonds. The van der Waals surface area contributed by atoms with Crippen LogP contribution >= 0.6 is 7.82 Å². The average Bonchev–Trinajstić information content (AvgIpc) is 2.94. The summed E-state index contributed by atoms with van der Waals surface area (Å²) in [5, 5.41) is 13.1. The molecule has 9 heteroatoms. The highest BCUT2D eigenvalue weighted by Crippen LogP contribution is 2.43. The van der Waals surface area contributed by atoms with E-state index >= 15 is 0 Å². The number of hydrogen-bond donors (Lipinski definition) is 3. The smallest absolute Gasteiger partial charge is 0.387 e. The van der Waals surface area contributed by atoms with E-state index < -0.39 is 20.0 Å². The molecule has 3 unspecified atom stereocenters. The molecule has 0 aromatic carbocycles. The largest absolute Gasteiger partial charge is 0.472 e. The molecule has 8 nitrogen and oxygen atoms in total. The van der Waals surface area contributed by atoms with Crippen LogP contribution in [-0.4, -0.2) is 73.4 Å². The highest BCUT2D eigenvalue weighted by atomic mass is 31.2. The molecule has 0 saturated carbocycles. The van der Waals surface area contributed by atoms with E-state index in [9.17, 15) is 19.4 Å². The Bertz CT molecular complexity index is 825. The molecule has 0 aliphatic heterocycles. The third-order valence-electron chi connectivity index (χ3n) is 7.38. The second-order valence-corrected chi connectivity index (χ2v) is 14.4. The first-order valence-corrected chi connectivity index (χ1v) is 18.8. The first-order valence-electron chi connectivity index (χ1n) is 17.3. The van der Waals surface area contributed by atoms with Crippen LogP contribution in [0, 0.1) is 0 Å². The average molecular weight is 644 g/mol. The molecule has 0 heterocycles. The number of rotatable bonds is 30. The van der Waals surface area contributed by atoms with E-state index in [2.05, 4.69) is 36.5 Å². The fraction of sp³-hybridized carbons (Fsp3) is 0.800. The highest BCUT2D eigenvalue weighted by molar-refractivity contribution is 7.47. The summed E-state index contributed by atoms with van der Waals surface area (Å²) in [6.07, 6.45) is 34.2. The van der Waals surface area contributed by atoms with E-state index in [1.807, 2.05) is 27.2 Å². The van der Waals surface area contributed by atoms with E-state index in [-0.39, 0.29) is 19.1 Å². The summed E-state index contributed by atoms with van der Waals surface area (Å²) in [6, 6.07) is -0.867. The molecule has 0 fully saturated rings. The number of aliphatic hydroxyl groups is 1. The molecule has 0 aromatic heterocycles. The quantitative estimate of drug-likeness (QED) is 0.0314. The second kappa shape index (κ2) is 28.0. The zero-order valence-corrected chi connectivity index (χ0v) is 29.8. The molecule has 3 atom stereocenters. The second-order valence-electron chi connectivity index (χ2n) is 13.0. The summed E-state index contributed by atoms with van der Waals surface area (Å²) in [4.78, 5) is 21.5. The third-order valence-corrected chi connectivity index (χ3v) is 8.36. The number of carbonyl (C=O) groups excluding carboxylic acids is 1. The summed E-state index contributed by atoms with van der Waals surface area (Å²) < 4.78 is 22.8. The van der Waals surface area contributed by atoms with Gasteiger partial charge in [-0.1, -0.05) is 120 Å². The van der Waals surface area contributed by atoms with Gasteiger partial charge in [0.1, 0.15) is 13.2 Å². The molecule has 0 bridgehead atoms. The summed E-state index contributed by atoms with van der Waals surface area (Å²) in [5.41, 5.74) is 0. The lowest BCUT2D eigenvalue weighted by molar-refractivity contribution is -0.870. The van der Waals surface area contributed by atoms with Gasteiger partial charge >= 0.3 is 7.82 Å². The van der Waals surface area contributed by atoms with Gasteiger partial charge in [0.25, 0.3) is 0 Å². The van der Waals surface area contributed by atoms with Crippen LogP contribution < -0.4 is 5.32 Å². The van der Waals surface area contributed by atoms with Crippen molar-refractivity contribution in [1.82, 2.24) is 5.32 Å². The maximum Gasteiger partial charge on any atom is 0.472 e. The van der Waals surface area contributed by atoms with Crippen LogP contribution in [0.25, 0.3) is 0 Å². The van der Waals surface area contributed by atoms with E-state index in [1.165, 1.54) is 96.8 Å². The maximum atomic E-state index is 12.2. The van der Waals surface area contributed by atoms with Crippen molar-refractivity contribution in [3.8, 4) is 0 Å². The summed E-state index contributed by atoms with van der Waals surface area (Å²) in [5.74, 6) is -0.369. The highest BCUT2D eigenvalue weighted by Gasteiger charge is 2.27.